The number of ketones is 1. The monoisotopic (exact) mass is 248 g/mol. The van der Waals surface area contributed by atoms with Crippen molar-refractivity contribution in [2.24, 2.45) is 5.10 Å². The minimum atomic E-state index is -0.643. The molecule has 0 fully saturated rings. The van der Waals surface area contributed by atoms with E-state index in [4.69, 9.17) is 23.2 Å². The lowest BCUT2D eigenvalue weighted by Gasteiger charge is -2.03. The maximum atomic E-state index is 13.3. The van der Waals surface area contributed by atoms with E-state index in [1.54, 1.807) is 6.07 Å². The molecule has 80 valence electrons. The van der Waals surface area contributed by atoms with E-state index in [9.17, 15) is 9.18 Å². The first kappa shape index (κ1) is 11.9. The molecule has 1 aromatic carbocycles. The van der Waals surface area contributed by atoms with Crippen LogP contribution in [0, 0.1) is 5.82 Å². The van der Waals surface area contributed by atoms with Gasteiger partial charge in [-0.3, -0.25) is 10.2 Å². The topological polar surface area (TPSA) is 41.5 Å². The minimum Gasteiger partial charge on any atom is -0.292 e. The summed E-state index contributed by atoms with van der Waals surface area (Å²) < 4.78 is 13.3. The van der Waals surface area contributed by atoms with Crippen LogP contribution in [0.3, 0.4) is 0 Å². The van der Waals surface area contributed by atoms with Crippen LogP contribution < -0.4 is 5.43 Å². The molecule has 0 aliphatic carbocycles. The van der Waals surface area contributed by atoms with Crippen molar-refractivity contribution in [2.45, 2.75) is 6.92 Å². The number of hydrogen-bond acceptors (Lipinski definition) is 3. The number of nitrogens with one attached hydrogen (secondary N) is 1. The summed E-state index contributed by atoms with van der Waals surface area (Å²) >= 11 is 11.0. The van der Waals surface area contributed by atoms with E-state index >= 15 is 0 Å². The number of benzene rings is 1. The average molecular weight is 249 g/mol. The van der Waals surface area contributed by atoms with Crippen LogP contribution in [0.15, 0.2) is 23.3 Å². The highest BCUT2D eigenvalue weighted by atomic mass is 35.5. The summed E-state index contributed by atoms with van der Waals surface area (Å²) in [7, 11) is 0. The molecular weight excluding hydrogens is 242 g/mol. The Morgan fingerprint density at radius 1 is 1.53 bits per heavy atom. The van der Waals surface area contributed by atoms with Crippen LogP contribution in [0.2, 0.25) is 5.02 Å². The van der Waals surface area contributed by atoms with Gasteiger partial charge in [0.25, 0.3) is 0 Å². The van der Waals surface area contributed by atoms with Crippen molar-refractivity contribution in [1.82, 2.24) is 0 Å². The lowest BCUT2D eigenvalue weighted by atomic mass is 10.3. The number of rotatable bonds is 3. The second kappa shape index (κ2) is 5.09. The number of carbonyl (C=O) groups excluding carboxylic acids is 1. The van der Waals surface area contributed by atoms with Gasteiger partial charge in [-0.05, 0) is 12.1 Å². The van der Waals surface area contributed by atoms with Gasteiger partial charge in [-0.1, -0.05) is 29.3 Å². The summed E-state index contributed by atoms with van der Waals surface area (Å²) in [6.07, 6.45) is 0. The zero-order valence-corrected chi connectivity index (χ0v) is 9.23. The van der Waals surface area contributed by atoms with E-state index in [1.165, 1.54) is 19.1 Å². The molecule has 0 aliphatic heterocycles. The Morgan fingerprint density at radius 2 is 2.20 bits per heavy atom. The Bertz CT molecular complexity index is 421. The van der Waals surface area contributed by atoms with Crippen LogP contribution in [0.4, 0.5) is 10.1 Å². The fourth-order valence-electron chi connectivity index (χ4n) is 0.778. The van der Waals surface area contributed by atoms with Crippen molar-refractivity contribution in [3.8, 4) is 0 Å². The highest BCUT2D eigenvalue weighted by Crippen LogP contribution is 2.21. The second-order valence-electron chi connectivity index (χ2n) is 2.67. The molecule has 0 heterocycles. The van der Waals surface area contributed by atoms with Crippen LogP contribution >= 0.6 is 23.2 Å². The molecule has 0 amide bonds. The zero-order valence-electron chi connectivity index (χ0n) is 7.72. The first-order valence-corrected chi connectivity index (χ1v) is 4.72. The van der Waals surface area contributed by atoms with Crippen LogP contribution in [-0.4, -0.2) is 11.0 Å². The summed E-state index contributed by atoms with van der Waals surface area (Å²) in [5, 5.41) is 3.19. The Labute approximate surface area is 95.9 Å². The SMILES string of the molecule is CC(=O)/C(Cl)=N\Nc1cccc(Cl)c1F. The fraction of sp³-hybridized carbons (Fsp3) is 0.111. The molecule has 1 aromatic rings. The number of carbonyl (C=O) groups is 1. The molecule has 1 rings (SSSR count). The van der Waals surface area contributed by atoms with E-state index in [1.807, 2.05) is 0 Å². The van der Waals surface area contributed by atoms with E-state index in [0.29, 0.717) is 0 Å². The predicted molar refractivity (Wildman–Crippen MR) is 59.0 cm³/mol. The highest BCUT2D eigenvalue weighted by Gasteiger charge is 2.06. The van der Waals surface area contributed by atoms with Gasteiger partial charge in [0.05, 0.1) is 10.7 Å². The van der Waals surface area contributed by atoms with E-state index in [2.05, 4.69) is 10.5 Å². The lowest BCUT2D eigenvalue weighted by Crippen LogP contribution is -2.05. The Morgan fingerprint density at radius 3 is 2.80 bits per heavy atom. The maximum absolute atomic E-state index is 13.3. The van der Waals surface area contributed by atoms with Gasteiger partial charge in [-0.15, -0.1) is 0 Å². The van der Waals surface area contributed by atoms with Crippen molar-refractivity contribution in [2.75, 3.05) is 5.43 Å². The fourth-order valence-corrected chi connectivity index (χ4v) is 0.995. The molecule has 0 radical (unpaired) electrons. The molecule has 15 heavy (non-hydrogen) atoms. The first-order chi connectivity index (χ1) is 7.02. The van der Waals surface area contributed by atoms with Gasteiger partial charge in [0.15, 0.2) is 16.8 Å². The van der Waals surface area contributed by atoms with Crippen molar-refractivity contribution >= 4 is 39.8 Å². The summed E-state index contributed by atoms with van der Waals surface area (Å²) in [5.74, 6) is -1.05. The molecule has 0 saturated heterocycles. The number of hydrogen-bond donors (Lipinski definition) is 1. The maximum Gasteiger partial charge on any atom is 0.191 e. The van der Waals surface area contributed by atoms with Gasteiger partial charge in [-0.25, -0.2) is 4.39 Å². The first-order valence-electron chi connectivity index (χ1n) is 3.96. The normalized spacial score (nSPS) is 11.3. The van der Waals surface area contributed by atoms with Crippen LogP contribution in [-0.2, 0) is 4.79 Å². The van der Waals surface area contributed by atoms with Gasteiger partial charge < -0.3 is 0 Å². The summed E-state index contributed by atoms with van der Waals surface area (Å²) in [5.41, 5.74) is 2.37. The van der Waals surface area contributed by atoms with Crippen molar-refractivity contribution in [3.05, 3.63) is 29.0 Å². The van der Waals surface area contributed by atoms with E-state index in [-0.39, 0.29) is 15.9 Å². The minimum absolute atomic E-state index is 0.0332. The molecule has 0 aliphatic rings. The van der Waals surface area contributed by atoms with Crippen LogP contribution in [0.25, 0.3) is 0 Å². The van der Waals surface area contributed by atoms with Crippen molar-refractivity contribution in [1.29, 1.82) is 0 Å². The van der Waals surface area contributed by atoms with Crippen LogP contribution in [0.5, 0.6) is 0 Å². The van der Waals surface area contributed by atoms with Gasteiger partial charge in [-0.2, -0.15) is 5.10 Å². The molecule has 0 bridgehead atoms. The van der Waals surface area contributed by atoms with Gasteiger partial charge >= 0.3 is 0 Å². The molecule has 0 atom stereocenters. The smallest absolute Gasteiger partial charge is 0.191 e. The molecule has 0 unspecified atom stereocenters. The number of halogens is 3. The molecule has 3 nitrogen and oxygen atoms in total. The third kappa shape index (κ3) is 3.18. The lowest BCUT2D eigenvalue weighted by molar-refractivity contribution is -0.110. The van der Waals surface area contributed by atoms with Crippen LogP contribution in [0.1, 0.15) is 6.92 Å². The third-order valence-electron chi connectivity index (χ3n) is 1.52. The molecule has 6 heteroatoms. The van der Waals surface area contributed by atoms with Crippen molar-refractivity contribution < 1.29 is 9.18 Å². The van der Waals surface area contributed by atoms with E-state index < -0.39 is 11.6 Å². The number of Topliss-reactive ketones (excluding diaryl/α,β-unsaturated/α-hetero) is 1. The molecule has 0 spiro atoms. The second-order valence-corrected chi connectivity index (χ2v) is 3.44. The third-order valence-corrected chi connectivity index (χ3v) is 2.16. The van der Waals surface area contributed by atoms with E-state index in [0.717, 1.165) is 0 Å². The quantitative estimate of drug-likeness (QED) is 0.660. The van der Waals surface area contributed by atoms with Gasteiger partial charge in [0.2, 0.25) is 0 Å². The number of hydrazone groups is 1. The summed E-state index contributed by atoms with van der Waals surface area (Å²) in [6, 6.07) is 4.37. The molecular formula is C9H7Cl2FN2O. The average Bonchev–Trinajstić information content (AvgIpc) is 2.19. The number of anilines is 1. The Kier molecular flexibility index (Phi) is 4.05. The molecule has 0 aromatic heterocycles. The van der Waals surface area contributed by atoms with Gasteiger partial charge in [0, 0.05) is 6.92 Å². The highest BCUT2D eigenvalue weighted by molar-refractivity contribution is 6.82. The molecule has 1 N–H and O–H groups in total. The van der Waals surface area contributed by atoms with Gasteiger partial charge in [0.1, 0.15) is 0 Å². The summed E-state index contributed by atoms with van der Waals surface area (Å²) in [4.78, 5) is 10.7. The van der Waals surface area contributed by atoms with Crippen molar-refractivity contribution in [3.63, 3.8) is 0 Å². The largest absolute Gasteiger partial charge is 0.292 e. The Hall–Kier alpha value is -1.13. The Balaban J connectivity index is 2.87. The number of nitrogens with zero attached hydrogens (tertiary/aromatic N) is 1. The summed E-state index contributed by atoms with van der Waals surface area (Å²) in [6.45, 7) is 1.25. The predicted octanol–water partition coefficient (Wildman–Crippen LogP) is 3.03. The molecule has 0 saturated carbocycles. The zero-order chi connectivity index (χ0) is 11.4. The standard InChI is InChI=1S/C9H7Cl2FN2O/c1-5(15)9(11)14-13-7-4-2-3-6(10)8(7)12/h2-4,13H,1H3/b14-9+.